The predicted octanol–water partition coefficient (Wildman–Crippen LogP) is 1.60. The second-order valence-corrected chi connectivity index (χ2v) is 4.79. The van der Waals surface area contributed by atoms with E-state index in [1.807, 2.05) is 0 Å². The molecule has 9 heteroatoms. The van der Waals surface area contributed by atoms with E-state index in [4.69, 9.17) is 0 Å². The molecule has 23 heavy (non-hydrogen) atoms. The Balaban J connectivity index is 1.73. The Bertz CT molecular complexity index is 836. The molecule has 0 bridgehead atoms. The van der Waals surface area contributed by atoms with Gasteiger partial charge in [-0.15, -0.1) is 5.10 Å². The lowest BCUT2D eigenvalue weighted by atomic mass is 10.1. The quantitative estimate of drug-likeness (QED) is 0.792. The minimum Gasteiger partial charge on any atom is -0.306 e. The predicted molar refractivity (Wildman–Crippen MR) is 77.2 cm³/mol. The van der Waals surface area contributed by atoms with Crippen LogP contribution in [0.5, 0.6) is 0 Å². The van der Waals surface area contributed by atoms with E-state index in [2.05, 4.69) is 20.6 Å². The van der Waals surface area contributed by atoms with Gasteiger partial charge < -0.3 is 5.32 Å². The molecule has 1 aromatic carbocycles. The Morgan fingerprint density at radius 1 is 1.22 bits per heavy atom. The molecule has 0 aliphatic carbocycles. The highest BCUT2D eigenvalue weighted by atomic mass is 19.1. The third-order valence-electron chi connectivity index (χ3n) is 3.06. The van der Waals surface area contributed by atoms with Crippen molar-refractivity contribution in [2.75, 3.05) is 5.32 Å². The van der Waals surface area contributed by atoms with Crippen LogP contribution in [0.3, 0.4) is 0 Å². The molecule has 0 spiro atoms. The average Bonchev–Trinajstić information content (AvgIpc) is 3.08. The van der Waals surface area contributed by atoms with Gasteiger partial charge in [-0.2, -0.15) is 15.0 Å². The molecule has 1 N–H and O–H groups in total. The van der Waals surface area contributed by atoms with Gasteiger partial charge >= 0.3 is 0 Å². The van der Waals surface area contributed by atoms with Crippen molar-refractivity contribution < 1.29 is 13.6 Å². The molecule has 2 heterocycles. The largest absolute Gasteiger partial charge is 0.306 e. The summed E-state index contributed by atoms with van der Waals surface area (Å²) >= 11 is 0. The van der Waals surface area contributed by atoms with Crippen molar-refractivity contribution in [3.05, 3.63) is 48.4 Å². The molecular weight excluding hydrogens is 306 g/mol. The van der Waals surface area contributed by atoms with Gasteiger partial charge in [-0.25, -0.2) is 8.78 Å². The summed E-state index contributed by atoms with van der Waals surface area (Å²) in [7, 11) is 1.62. The number of hydrogen-bond donors (Lipinski definition) is 1. The normalized spacial score (nSPS) is 10.7. The van der Waals surface area contributed by atoms with Gasteiger partial charge in [-0.05, 0) is 12.1 Å². The first-order chi connectivity index (χ1) is 11.0. The van der Waals surface area contributed by atoms with E-state index in [9.17, 15) is 13.6 Å². The summed E-state index contributed by atoms with van der Waals surface area (Å²) in [6, 6.07) is 3.61. The first-order valence-electron chi connectivity index (χ1n) is 6.66. The SMILES string of the molecule is Cn1ncc(NC(=O)Cn2cc(-c3c(F)cccc3F)cn2)n1. The Morgan fingerprint density at radius 2 is 1.96 bits per heavy atom. The summed E-state index contributed by atoms with van der Waals surface area (Å²) in [5.74, 6) is -1.44. The molecule has 0 aliphatic rings. The molecule has 3 rings (SSSR count). The summed E-state index contributed by atoms with van der Waals surface area (Å²) < 4.78 is 28.7. The Hall–Kier alpha value is -3.10. The topological polar surface area (TPSA) is 77.6 Å². The molecule has 0 saturated carbocycles. The van der Waals surface area contributed by atoms with E-state index in [0.717, 1.165) is 12.1 Å². The lowest BCUT2D eigenvalue weighted by Crippen LogP contribution is -2.19. The molecule has 0 unspecified atom stereocenters. The number of anilines is 1. The Labute approximate surface area is 129 Å². The van der Waals surface area contributed by atoms with Gasteiger partial charge in [0.2, 0.25) is 5.91 Å². The zero-order valence-electron chi connectivity index (χ0n) is 12.1. The van der Waals surface area contributed by atoms with E-state index in [0.29, 0.717) is 5.82 Å². The Kier molecular flexibility index (Phi) is 3.83. The minimum atomic E-state index is -0.687. The number of halogens is 2. The van der Waals surface area contributed by atoms with Gasteiger partial charge in [0, 0.05) is 18.8 Å². The number of carbonyl (C=O) groups excluding carboxylic acids is 1. The van der Waals surface area contributed by atoms with Crippen LogP contribution in [0.1, 0.15) is 0 Å². The number of carbonyl (C=O) groups is 1. The number of nitrogens with zero attached hydrogens (tertiary/aromatic N) is 5. The molecule has 0 aliphatic heterocycles. The van der Waals surface area contributed by atoms with E-state index in [1.54, 1.807) is 7.05 Å². The van der Waals surface area contributed by atoms with Crippen LogP contribution in [0.25, 0.3) is 11.1 Å². The van der Waals surface area contributed by atoms with Crippen LogP contribution in [0.4, 0.5) is 14.6 Å². The number of aryl methyl sites for hydroxylation is 1. The number of nitrogens with one attached hydrogen (secondary N) is 1. The minimum absolute atomic E-state index is 0.118. The van der Waals surface area contributed by atoms with Crippen LogP contribution in [-0.4, -0.2) is 30.7 Å². The third-order valence-corrected chi connectivity index (χ3v) is 3.06. The zero-order chi connectivity index (χ0) is 16.4. The molecule has 0 saturated heterocycles. The van der Waals surface area contributed by atoms with E-state index >= 15 is 0 Å². The highest BCUT2D eigenvalue weighted by Gasteiger charge is 2.14. The lowest BCUT2D eigenvalue weighted by molar-refractivity contribution is -0.116. The molecule has 0 radical (unpaired) electrons. The fourth-order valence-corrected chi connectivity index (χ4v) is 2.09. The monoisotopic (exact) mass is 318 g/mol. The Morgan fingerprint density at radius 3 is 2.61 bits per heavy atom. The van der Waals surface area contributed by atoms with Crippen molar-refractivity contribution in [3.8, 4) is 11.1 Å². The van der Waals surface area contributed by atoms with Crippen LogP contribution in [0.2, 0.25) is 0 Å². The lowest BCUT2D eigenvalue weighted by Gasteiger charge is -2.02. The number of benzene rings is 1. The molecule has 118 valence electrons. The molecule has 7 nitrogen and oxygen atoms in total. The van der Waals surface area contributed by atoms with Crippen molar-refractivity contribution in [2.45, 2.75) is 6.54 Å². The first kappa shape index (κ1) is 14.8. The summed E-state index contributed by atoms with van der Waals surface area (Å²) in [5.41, 5.74) is 0.0842. The maximum atomic E-state index is 13.7. The summed E-state index contributed by atoms with van der Waals surface area (Å²) in [5, 5.41) is 14.2. The highest BCUT2D eigenvalue weighted by Crippen LogP contribution is 2.25. The van der Waals surface area contributed by atoms with Gasteiger partial charge in [0.15, 0.2) is 5.82 Å². The average molecular weight is 318 g/mol. The maximum Gasteiger partial charge on any atom is 0.247 e. The number of rotatable bonds is 4. The van der Waals surface area contributed by atoms with Crippen LogP contribution < -0.4 is 5.32 Å². The van der Waals surface area contributed by atoms with E-state index < -0.39 is 11.6 Å². The molecule has 3 aromatic rings. The van der Waals surface area contributed by atoms with Crippen LogP contribution in [0, 0.1) is 11.6 Å². The summed E-state index contributed by atoms with van der Waals surface area (Å²) in [6.07, 6.45) is 4.11. The molecule has 2 aromatic heterocycles. The summed E-state index contributed by atoms with van der Waals surface area (Å²) in [4.78, 5) is 13.2. The standard InChI is InChI=1S/C14H12F2N6O/c1-21-17-6-12(20-21)19-13(23)8-22-7-9(5-18-22)14-10(15)3-2-4-11(14)16/h2-7H,8H2,1H3,(H,19,20,23). The van der Waals surface area contributed by atoms with Gasteiger partial charge in [-0.1, -0.05) is 6.07 Å². The second-order valence-electron chi connectivity index (χ2n) is 4.79. The van der Waals surface area contributed by atoms with Gasteiger partial charge in [0.05, 0.1) is 18.0 Å². The zero-order valence-corrected chi connectivity index (χ0v) is 12.1. The fraction of sp³-hybridized carbons (Fsp3) is 0.143. The third kappa shape index (κ3) is 3.23. The van der Waals surface area contributed by atoms with Crippen molar-refractivity contribution in [1.82, 2.24) is 24.8 Å². The molecule has 1 amide bonds. The molecular formula is C14H12F2N6O. The smallest absolute Gasteiger partial charge is 0.247 e. The van der Waals surface area contributed by atoms with Crippen LogP contribution >= 0.6 is 0 Å². The maximum absolute atomic E-state index is 13.7. The van der Waals surface area contributed by atoms with E-state index in [-0.39, 0.29) is 23.6 Å². The number of amides is 1. The van der Waals surface area contributed by atoms with Crippen molar-refractivity contribution in [2.24, 2.45) is 7.05 Å². The molecule has 0 fully saturated rings. The summed E-state index contributed by atoms with van der Waals surface area (Å²) in [6.45, 7) is -0.118. The fourth-order valence-electron chi connectivity index (χ4n) is 2.09. The second kappa shape index (κ2) is 5.95. The van der Waals surface area contributed by atoms with Crippen LogP contribution in [0.15, 0.2) is 36.8 Å². The van der Waals surface area contributed by atoms with Gasteiger partial charge in [0.1, 0.15) is 18.2 Å². The number of hydrogen-bond acceptors (Lipinski definition) is 4. The van der Waals surface area contributed by atoms with Crippen molar-refractivity contribution >= 4 is 11.7 Å². The van der Waals surface area contributed by atoms with E-state index in [1.165, 1.54) is 34.1 Å². The molecule has 0 atom stereocenters. The highest BCUT2D eigenvalue weighted by molar-refractivity contribution is 5.89. The van der Waals surface area contributed by atoms with Gasteiger partial charge in [-0.3, -0.25) is 9.48 Å². The van der Waals surface area contributed by atoms with Gasteiger partial charge in [0.25, 0.3) is 0 Å². The van der Waals surface area contributed by atoms with Crippen LogP contribution in [-0.2, 0) is 18.4 Å². The number of aromatic nitrogens is 5. The first-order valence-corrected chi connectivity index (χ1v) is 6.66. The van der Waals surface area contributed by atoms with Crippen molar-refractivity contribution in [3.63, 3.8) is 0 Å². The van der Waals surface area contributed by atoms with Crippen molar-refractivity contribution in [1.29, 1.82) is 0 Å².